The van der Waals surface area contributed by atoms with Crippen molar-refractivity contribution in [2.24, 2.45) is 7.05 Å². The normalized spacial score (nSPS) is 16.6. The summed E-state index contributed by atoms with van der Waals surface area (Å²) in [7, 11) is 1.61. The van der Waals surface area contributed by atoms with E-state index in [-0.39, 0.29) is 42.7 Å². The van der Waals surface area contributed by atoms with Crippen LogP contribution in [0, 0.1) is 18.6 Å². The standard InChI is InChI=1S/C24H25F2N7O4/c1-14-19(21(34)28-24(22-29-31-32(4)30-22)12-36-23(2,3)37-13-24)33-10-6-9-18(20(33)27-14)35-11-15-16(25)7-5-8-17(15)26/h5-10H,11-13H2,1-4H3,(H,28,34). The smallest absolute Gasteiger partial charge is 0.271 e. The highest BCUT2D eigenvalue weighted by Gasteiger charge is 2.46. The van der Waals surface area contributed by atoms with E-state index in [0.717, 1.165) is 12.1 Å². The molecule has 4 aromatic rings. The lowest BCUT2D eigenvalue weighted by Crippen LogP contribution is -2.59. The largest absolute Gasteiger partial charge is 0.485 e. The van der Waals surface area contributed by atoms with Crippen molar-refractivity contribution in [2.75, 3.05) is 13.2 Å². The van der Waals surface area contributed by atoms with Gasteiger partial charge in [-0.15, -0.1) is 10.2 Å². The molecule has 0 spiro atoms. The fourth-order valence-corrected chi connectivity index (χ4v) is 4.05. The van der Waals surface area contributed by atoms with Crippen LogP contribution < -0.4 is 10.1 Å². The molecule has 1 aromatic carbocycles. The fraction of sp³-hybridized carbons (Fsp3) is 0.375. The molecule has 37 heavy (non-hydrogen) atoms. The third kappa shape index (κ3) is 4.62. The molecule has 13 heteroatoms. The molecule has 1 saturated heterocycles. The lowest BCUT2D eigenvalue weighted by atomic mass is 9.98. The summed E-state index contributed by atoms with van der Waals surface area (Å²) in [5.41, 5.74) is -0.458. The lowest BCUT2D eigenvalue weighted by molar-refractivity contribution is -0.273. The number of ether oxygens (including phenoxy) is 3. The highest BCUT2D eigenvalue weighted by Crippen LogP contribution is 2.30. The molecule has 0 atom stereocenters. The summed E-state index contributed by atoms with van der Waals surface area (Å²) in [6.45, 7) is 4.97. The first kappa shape index (κ1) is 24.7. The molecule has 194 valence electrons. The molecule has 0 bridgehead atoms. The van der Waals surface area contributed by atoms with Gasteiger partial charge in [-0.25, -0.2) is 13.8 Å². The van der Waals surface area contributed by atoms with Gasteiger partial charge in [-0.05, 0) is 50.3 Å². The summed E-state index contributed by atoms with van der Waals surface area (Å²) in [6, 6.07) is 6.86. The van der Waals surface area contributed by atoms with E-state index in [9.17, 15) is 13.6 Å². The molecule has 1 aliphatic heterocycles. The van der Waals surface area contributed by atoms with Crippen LogP contribution in [-0.4, -0.2) is 54.5 Å². The van der Waals surface area contributed by atoms with Crippen molar-refractivity contribution in [3.05, 3.63) is 70.9 Å². The number of tetrazole rings is 1. The van der Waals surface area contributed by atoms with E-state index in [2.05, 4.69) is 25.7 Å². The monoisotopic (exact) mass is 513 g/mol. The number of amides is 1. The summed E-state index contributed by atoms with van der Waals surface area (Å²) in [4.78, 5) is 19.4. The Kier molecular flexibility index (Phi) is 6.12. The van der Waals surface area contributed by atoms with E-state index in [1.54, 1.807) is 50.5 Å². The van der Waals surface area contributed by atoms with E-state index >= 15 is 0 Å². The third-order valence-corrected chi connectivity index (χ3v) is 6.06. The molecule has 1 aliphatic rings. The number of hydrogen-bond donors (Lipinski definition) is 1. The van der Waals surface area contributed by atoms with Crippen molar-refractivity contribution in [3.63, 3.8) is 0 Å². The van der Waals surface area contributed by atoms with E-state index in [1.165, 1.54) is 10.9 Å². The van der Waals surface area contributed by atoms with Gasteiger partial charge >= 0.3 is 0 Å². The predicted molar refractivity (Wildman–Crippen MR) is 125 cm³/mol. The maximum Gasteiger partial charge on any atom is 0.271 e. The Morgan fingerprint density at radius 1 is 1.16 bits per heavy atom. The molecule has 0 aliphatic carbocycles. The molecule has 5 rings (SSSR count). The van der Waals surface area contributed by atoms with E-state index in [4.69, 9.17) is 14.2 Å². The number of fused-ring (bicyclic) bond motifs is 1. The number of carbonyl (C=O) groups excluding carboxylic acids is 1. The number of halogens is 2. The minimum Gasteiger partial charge on any atom is -0.485 e. The van der Waals surface area contributed by atoms with Crippen molar-refractivity contribution < 1.29 is 27.8 Å². The van der Waals surface area contributed by atoms with Crippen LogP contribution in [0.4, 0.5) is 8.78 Å². The number of pyridine rings is 1. The Balaban J connectivity index is 1.46. The van der Waals surface area contributed by atoms with Gasteiger partial charge in [0.1, 0.15) is 23.9 Å². The first-order valence-corrected chi connectivity index (χ1v) is 11.5. The van der Waals surface area contributed by atoms with Gasteiger partial charge in [-0.2, -0.15) is 4.80 Å². The minimum absolute atomic E-state index is 0.0514. The second-order valence-corrected chi connectivity index (χ2v) is 9.22. The zero-order valence-corrected chi connectivity index (χ0v) is 20.7. The van der Waals surface area contributed by atoms with Gasteiger partial charge in [-0.1, -0.05) is 6.07 Å². The number of hydrogen-bond acceptors (Lipinski definition) is 8. The van der Waals surface area contributed by atoms with Crippen LogP contribution in [0.25, 0.3) is 5.65 Å². The van der Waals surface area contributed by atoms with Gasteiger partial charge in [0.2, 0.25) is 5.82 Å². The first-order chi connectivity index (χ1) is 17.6. The van der Waals surface area contributed by atoms with Gasteiger partial charge < -0.3 is 19.5 Å². The number of imidazole rings is 1. The van der Waals surface area contributed by atoms with E-state index < -0.39 is 28.9 Å². The van der Waals surface area contributed by atoms with Gasteiger partial charge in [0.25, 0.3) is 5.91 Å². The molecule has 1 amide bonds. The SMILES string of the molecule is Cc1nc2c(OCc3c(F)cccc3F)cccn2c1C(=O)NC1(c2nnn(C)n2)COC(C)(C)OC1. The molecule has 0 radical (unpaired) electrons. The van der Waals surface area contributed by atoms with Gasteiger partial charge in [-0.3, -0.25) is 9.20 Å². The second-order valence-electron chi connectivity index (χ2n) is 9.22. The number of aryl methyl sites for hydroxylation is 2. The van der Waals surface area contributed by atoms with Crippen molar-refractivity contribution in [2.45, 2.75) is 38.7 Å². The van der Waals surface area contributed by atoms with Crippen molar-refractivity contribution >= 4 is 11.6 Å². The van der Waals surface area contributed by atoms with Crippen molar-refractivity contribution in [3.8, 4) is 5.75 Å². The summed E-state index contributed by atoms with van der Waals surface area (Å²) in [5.74, 6) is -2.27. The maximum atomic E-state index is 14.1. The zero-order chi connectivity index (χ0) is 26.4. The van der Waals surface area contributed by atoms with E-state index in [1.807, 2.05) is 0 Å². The van der Waals surface area contributed by atoms with Gasteiger partial charge in [0.05, 0.1) is 31.5 Å². The average molecular weight is 514 g/mol. The summed E-state index contributed by atoms with van der Waals surface area (Å²) in [5, 5.41) is 15.2. The highest BCUT2D eigenvalue weighted by molar-refractivity contribution is 5.95. The number of nitrogens with one attached hydrogen (secondary N) is 1. The first-order valence-electron chi connectivity index (χ1n) is 11.5. The predicted octanol–water partition coefficient (Wildman–Crippen LogP) is 2.43. The molecule has 0 saturated carbocycles. The summed E-state index contributed by atoms with van der Waals surface area (Å²) >= 11 is 0. The maximum absolute atomic E-state index is 14.1. The number of rotatable bonds is 6. The fourth-order valence-electron chi connectivity index (χ4n) is 4.05. The number of carbonyl (C=O) groups is 1. The number of nitrogens with zero attached hydrogens (tertiary/aromatic N) is 6. The van der Waals surface area contributed by atoms with Gasteiger partial charge in [0.15, 0.2) is 22.7 Å². The Labute approximate surface area is 210 Å². The van der Waals surface area contributed by atoms with Crippen LogP contribution in [0.3, 0.4) is 0 Å². The molecular weight excluding hydrogens is 488 g/mol. The van der Waals surface area contributed by atoms with E-state index in [0.29, 0.717) is 11.3 Å². The van der Waals surface area contributed by atoms with Crippen molar-refractivity contribution in [1.29, 1.82) is 0 Å². The molecule has 1 fully saturated rings. The molecule has 4 heterocycles. The molecule has 1 N–H and O–H groups in total. The van der Waals surface area contributed by atoms with Crippen LogP contribution in [0.15, 0.2) is 36.5 Å². The van der Waals surface area contributed by atoms with Crippen LogP contribution >= 0.6 is 0 Å². The third-order valence-electron chi connectivity index (χ3n) is 6.06. The Bertz CT molecular complexity index is 1450. The molecule has 3 aromatic heterocycles. The molecule has 11 nitrogen and oxygen atoms in total. The number of aromatic nitrogens is 6. The average Bonchev–Trinajstić information content (AvgIpc) is 3.43. The van der Waals surface area contributed by atoms with Crippen LogP contribution in [0.1, 0.15) is 41.4 Å². The molecular formula is C24H25F2N7O4. The summed E-state index contributed by atoms with van der Waals surface area (Å²) < 4.78 is 47.0. The van der Waals surface area contributed by atoms with Crippen molar-refractivity contribution in [1.82, 2.24) is 34.9 Å². The highest BCUT2D eigenvalue weighted by atomic mass is 19.1. The quantitative estimate of drug-likeness (QED) is 0.418. The molecule has 0 unspecified atom stereocenters. The second kappa shape index (κ2) is 9.16. The Morgan fingerprint density at radius 3 is 2.51 bits per heavy atom. The Hall–Kier alpha value is -3.97. The Morgan fingerprint density at radius 2 is 1.86 bits per heavy atom. The number of benzene rings is 1. The zero-order valence-electron chi connectivity index (χ0n) is 20.7. The van der Waals surface area contributed by atoms with Crippen LogP contribution in [0.5, 0.6) is 5.75 Å². The van der Waals surface area contributed by atoms with Crippen LogP contribution in [0.2, 0.25) is 0 Å². The van der Waals surface area contributed by atoms with Gasteiger partial charge in [0, 0.05) is 6.20 Å². The van der Waals surface area contributed by atoms with Crippen LogP contribution in [-0.2, 0) is 28.7 Å². The summed E-state index contributed by atoms with van der Waals surface area (Å²) in [6.07, 6.45) is 1.64. The lowest BCUT2D eigenvalue weighted by Gasteiger charge is -2.41. The minimum atomic E-state index is -1.20. The topological polar surface area (TPSA) is 118 Å².